The van der Waals surface area contributed by atoms with Crippen LogP contribution in [0.5, 0.6) is 0 Å². The van der Waals surface area contributed by atoms with Crippen LogP contribution in [0.3, 0.4) is 0 Å². The van der Waals surface area contributed by atoms with Crippen LogP contribution in [0, 0.1) is 0 Å². The molecular weight excluding hydrogens is 240 g/mol. The summed E-state index contributed by atoms with van der Waals surface area (Å²) in [4.78, 5) is 0. The largest absolute Gasteiger partial charge is 0.0582 e. The Labute approximate surface area is 121 Å². The van der Waals surface area contributed by atoms with Crippen molar-refractivity contribution in [3.8, 4) is 11.1 Å². The van der Waals surface area contributed by atoms with Crippen LogP contribution in [0.1, 0.15) is 47.9 Å². The van der Waals surface area contributed by atoms with Crippen molar-refractivity contribution in [1.29, 1.82) is 0 Å². The molecule has 0 nitrogen and oxygen atoms in total. The zero-order valence-electron chi connectivity index (χ0n) is 12.1. The first-order chi connectivity index (χ1) is 9.90. The third-order valence-corrected chi connectivity index (χ3v) is 5.03. The topological polar surface area (TPSA) is 0 Å². The summed E-state index contributed by atoms with van der Waals surface area (Å²) in [5, 5.41) is 0. The van der Waals surface area contributed by atoms with E-state index in [1.807, 2.05) is 0 Å². The maximum atomic E-state index is 2.44. The predicted octanol–water partition coefficient (Wildman–Crippen LogP) is 5.11. The van der Waals surface area contributed by atoms with Crippen molar-refractivity contribution in [2.24, 2.45) is 0 Å². The second-order valence-electron chi connectivity index (χ2n) is 6.38. The fraction of sp³-hybridized carbons (Fsp3) is 0.400. The van der Waals surface area contributed by atoms with Crippen molar-refractivity contribution in [3.63, 3.8) is 0 Å². The predicted molar refractivity (Wildman–Crippen MR) is 85.2 cm³/mol. The monoisotopic (exact) mass is 262 g/mol. The van der Waals surface area contributed by atoms with Gasteiger partial charge in [0.15, 0.2) is 0 Å². The molecule has 2 aromatic rings. The van der Waals surface area contributed by atoms with Gasteiger partial charge in [-0.3, -0.25) is 0 Å². The second kappa shape index (κ2) is 5.09. The summed E-state index contributed by atoms with van der Waals surface area (Å²) in [6.07, 6.45) is 10.6. The Morgan fingerprint density at radius 2 is 0.850 bits per heavy atom. The average molecular weight is 262 g/mol. The van der Waals surface area contributed by atoms with E-state index in [4.69, 9.17) is 0 Å². The summed E-state index contributed by atoms with van der Waals surface area (Å²) in [5.74, 6) is 0. The van der Waals surface area contributed by atoms with E-state index in [2.05, 4.69) is 36.4 Å². The highest BCUT2D eigenvalue weighted by Crippen LogP contribution is 2.30. The summed E-state index contributed by atoms with van der Waals surface area (Å²) in [6.45, 7) is 0. The van der Waals surface area contributed by atoms with Gasteiger partial charge in [0.25, 0.3) is 0 Å². The maximum Gasteiger partial charge on any atom is -0.0181 e. The first kappa shape index (κ1) is 12.2. The Morgan fingerprint density at radius 3 is 1.30 bits per heavy atom. The van der Waals surface area contributed by atoms with E-state index in [1.165, 1.54) is 62.5 Å². The van der Waals surface area contributed by atoms with Gasteiger partial charge in [0, 0.05) is 0 Å². The first-order valence-electron chi connectivity index (χ1n) is 8.14. The zero-order chi connectivity index (χ0) is 13.4. The molecule has 0 saturated carbocycles. The Kier molecular flexibility index (Phi) is 3.10. The van der Waals surface area contributed by atoms with Gasteiger partial charge in [0.2, 0.25) is 0 Å². The minimum atomic E-state index is 1.27. The minimum absolute atomic E-state index is 1.27. The molecule has 0 bridgehead atoms. The molecule has 0 aromatic heterocycles. The first-order valence-corrected chi connectivity index (χ1v) is 8.14. The number of aryl methyl sites for hydroxylation is 4. The van der Waals surface area contributed by atoms with Crippen LogP contribution in [0.4, 0.5) is 0 Å². The van der Waals surface area contributed by atoms with Gasteiger partial charge in [-0.25, -0.2) is 0 Å². The zero-order valence-corrected chi connectivity index (χ0v) is 12.1. The van der Waals surface area contributed by atoms with Crippen LogP contribution in [-0.2, 0) is 25.7 Å². The molecule has 0 radical (unpaired) electrons. The van der Waals surface area contributed by atoms with Crippen molar-refractivity contribution >= 4 is 0 Å². The molecule has 0 heterocycles. The highest BCUT2D eigenvalue weighted by atomic mass is 14.2. The third-order valence-electron chi connectivity index (χ3n) is 5.03. The smallest absolute Gasteiger partial charge is 0.0181 e. The Hall–Kier alpha value is -1.56. The molecule has 0 aliphatic heterocycles. The fourth-order valence-electron chi connectivity index (χ4n) is 3.83. The van der Waals surface area contributed by atoms with Crippen molar-refractivity contribution in [2.75, 3.05) is 0 Å². The second-order valence-corrected chi connectivity index (χ2v) is 6.38. The van der Waals surface area contributed by atoms with Gasteiger partial charge in [0.05, 0.1) is 0 Å². The molecule has 0 spiro atoms. The van der Waals surface area contributed by atoms with Gasteiger partial charge >= 0.3 is 0 Å². The van der Waals surface area contributed by atoms with Crippen LogP contribution in [0.25, 0.3) is 11.1 Å². The van der Waals surface area contributed by atoms with E-state index >= 15 is 0 Å². The average Bonchev–Trinajstić information content (AvgIpc) is 2.54. The summed E-state index contributed by atoms with van der Waals surface area (Å²) in [5.41, 5.74) is 9.17. The standard InChI is InChI=1S/C20H22/c1-3-7-17-13-19(11-9-15(17)5-1)20-12-10-16-6-2-4-8-18(16)14-20/h9-14H,1-8H2. The van der Waals surface area contributed by atoms with E-state index in [0.29, 0.717) is 0 Å². The van der Waals surface area contributed by atoms with Gasteiger partial charge < -0.3 is 0 Å². The molecule has 2 aliphatic carbocycles. The quantitative estimate of drug-likeness (QED) is 0.670. The van der Waals surface area contributed by atoms with Gasteiger partial charge in [-0.1, -0.05) is 36.4 Å². The SMILES string of the molecule is c1cc2c(cc1-c1ccc3c(c1)CCCC3)CCCC2. The Balaban J connectivity index is 1.73. The van der Waals surface area contributed by atoms with E-state index < -0.39 is 0 Å². The Bertz CT molecular complexity index is 579. The summed E-state index contributed by atoms with van der Waals surface area (Å²) >= 11 is 0. The highest BCUT2D eigenvalue weighted by Gasteiger charge is 2.12. The lowest BCUT2D eigenvalue weighted by molar-refractivity contribution is 0.685. The van der Waals surface area contributed by atoms with E-state index in [1.54, 1.807) is 22.3 Å². The van der Waals surface area contributed by atoms with Gasteiger partial charge in [0.1, 0.15) is 0 Å². The minimum Gasteiger partial charge on any atom is -0.0582 e. The molecule has 4 rings (SSSR count). The molecule has 0 fully saturated rings. The lowest BCUT2D eigenvalue weighted by Gasteiger charge is -2.19. The van der Waals surface area contributed by atoms with Gasteiger partial charge in [-0.15, -0.1) is 0 Å². The normalized spacial score (nSPS) is 17.4. The van der Waals surface area contributed by atoms with Crippen molar-refractivity contribution in [2.45, 2.75) is 51.4 Å². The number of fused-ring (bicyclic) bond motifs is 2. The number of benzene rings is 2. The third kappa shape index (κ3) is 2.18. The molecule has 0 heteroatoms. The van der Waals surface area contributed by atoms with Crippen molar-refractivity contribution in [1.82, 2.24) is 0 Å². The summed E-state index contributed by atoms with van der Waals surface area (Å²) in [7, 11) is 0. The number of rotatable bonds is 1. The van der Waals surface area contributed by atoms with Crippen molar-refractivity contribution < 1.29 is 0 Å². The number of hydrogen-bond acceptors (Lipinski definition) is 0. The number of hydrogen-bond donors (Lipinski definition) is 0. The summed E-state index contributed by atoms with van der Waals surface area (Å²) < 4.78 is 0. The molecular formula is C20H22. The van der Waals surface area contributed by atoms with E-state index in [-0.39, 0.29) is 0 Å². The Morgan fingerprint density at radius 1 is 0.450 bits per heavy atom. The van der Waals surface area contributed by atoms with Crippen LogP contribution >= 0.6 is 0 Å². The molecule has 20 heavy (non-hydrogen) atoms. The van der Waals surface area contributed by atoms with E-state index in [9.17, 15) is 0 Å². The molecule has 0 amide bonds. The van der Waals surface area contributed by atoms with Gasteiger partial charge in [-0.2, -0.15) is 0 Å². The lowest BCUT2D eigenvalue weighted by atomic mass is 9.86. The summed E-state index contributed by atoms with van der Waals surface area (Å²) in [6, 6.07) is 14.3. The van der Waals surface area contributed by atoms with Crippen LogP contribution in [-0.4, -0.2) is 0 Å². The molecule has 102 valence electrons. The van der Waals surface area contributed by atoms with Crippen LogP contribution < -0.4 is 0 Å². The van der Waals surface area contributed by atoms with Crippen LogP contribution in [0.15, 0.2) is 36.4 Å². The lowest BCUT2D eigenvalue weighted by Crippen LogP contribution is -2.03. The maximum absolute atomic E-state index is 2.44. The fourth-order valence-corrected chi connectivity index (χ4v) is 3.83. The van der Waals surface area contributed by atoms with Crippen LogP contribution in [0.2, 0.25) is 0 Å². The molecule has 0 atom stereocenters. The molecule has 2 aliphatic rings. The van der Waals surface area contributed by atoms with E-state index in [0.717, 1.165) is 0 Å². The molecule has 2 aromatic carbocycles. The van der Waals surface area contributed by atoms with Gasteiger partial charge in [-0.05, 0) is 84.7 Å². The highest BCUT2D eigenvalue weighted by molar-refractivity contribution is 5.66. The molecule has 0 unspecified atom stereocenters. The molecule has 0 saturated heterocycles. The molecule has 0 N–H and O–H groups in total. The van der Waals surface area contributed by atoms with Crippen molar-refractivity contribution in [3.05, 3.63) is 58.7 Å².